The number of hydrogen-bond donors (Lipinski definition) is 3. The van der Waals surface area contributed by atoms with Crippen LogP contribution in [0.25, 0.3) is 0 Å². The van der Waals surface area contributed by atoms with E-state index in [1.54, 1.807) is 0 Å². The Bertz CT molecular complexity index is 309. The van der Waals surface area contributed by atoms with E-state index in [-0.39, 0.29) is 5.91 Å². The second-order valence-electron chi connectivity index (χ2n) is 6.37. The molecule has 0 fully saturated rings. The van der Waals surface area contributed by atoms with Crippen molar-refractivity contribution in [2.45, 2.75) is 96.4 Å². The normalized spacial score (nSPS) is 12.1. The van der Waals surface area contributed by atoms with Gasteiger partial charge in [-0.2, -0.15) is 0 Å². The van der Waals surface area contributed by atoms with Crippen molar-refractivity contribution >= 4 is 11.9 Å². The number of unbranched alkanes of at least 4 members (excludes halogenated alkanes) is 9. The van der Waals surface area contributed by atoms with Crippen LogP contribution >= 0.6 is 0 Å². The number of nitrogens with two attached hydrogens (primary N) is 1. The molecule has 23 heavy (non-hydrogen) atoms. The summed E-state index contributed by atoms with van der Waals surface area (Å²) in [5.74, 6) is -0.852. The van der Waals surface area contributed by atoms with Crippen molar-refractivity contribution in [3.63, 3.8) is 0 Å². The third-order valence-electron chi connectivity index (χ3n) is 4.09. The average molecular weight is 328 g/mol. The first-order valence-electron chi connectivity index (χ1n) is 9.33. The summed E-state index contributed by atoms with van der Waals surface area (Å²) in [7, 11) is 0. The standard InChI is InChI=1S/C18H36N2O3/c1-2-3-4-5-6-7-8-9-10-14-17(21)20-15-12-11-13-16(19)18(22)23/h16H,2-15,19H2,1H3,(H,20,21)(H,22,23). The number of carbonyl (C=O) groups is 2. The fraction of sp³-hybridized carbons (Fsp3) is 0.889. The summed E-state index contributed by atoms with van der Waals surface area (Å²) < 4.78 is 0. The lowest BCUT2D eigenvalue weighted by Gasteiger charge is -2.07. The van der Waals surface area contributed by atoms with Crippen LogP contribution in [0.15, 0.2) is 0 Å². The van der Waals surface area contributed by atoms with Crippen molar-refractivity contribution in [1.82, 2.24) is 5.32 Å². The highest BCUT2D eigenvalue weighted by molar-refractivity contribution is 5.75. The van der Waals surface area contributed by atoms with Gasteiger partial charge < -0.3 is 16.2 Å². The summed E-state index contributed by atoms with van der Waals surface area (Å²) >= 11 is 0. The zero-order chi connectivity index (χ0) is 17.3. The second kappa shape index (κ2) is 15.8. The van der Waals surface area contributed by atoms with Crippen LogP contribution in [-0.2, 0) is 9.59 Å². The molecule has 4 N–H and O–H groups in total. The predicted octanol–water partition coefficient (Wildman–Crippen LogP) is 3.61. The molecule has 0 rings (SSSR count). The van der Waals surface area contributed by atoms with Crippen molar-refractivity contribution in [2.75, 3.05) is 6.54 Å². The quantitative estimate of drug-likeness (QED) is 0.377. The van der Waals surface area contributed by atoms with Gasteiger partial charge in [-0.1, -0.05) is 58.3 Å². The summed E-state index contributed by atoms with van der Waals surface area (Å²) in [6.07, 6.45) is 13.9. The lowest BCUT2D eigenvalue weighted by atomic mass is 10.1. The number of carboxylic acids is 1. The molecule has 1 atom stereocenters. The van der Waals surface area contributed by atoms with Gasteiger partial charge in [0, 0.05) is 13.0 Å². The third-order valence-corrected chi connectivity index (χ3v) is 4.09. The minimum atomic E-state index is -0.959. The summed E-state index contributed by atoms with van der Waals surface area (Å²) in [5.41, 5.74) is 5.41. The number of carbonyl (C=O) groups excluding carboxylic acids is 1. The van der Waals surface area contributed by atoms with E-state index in [1.807, 2.05) is 0 Å². The first-order chi connectivity index (χ1) is 11.1. The molecule has 0 bridgehead atoms. The maximum atomic E-state index is 11.6. The Morgan fingerprint density at radius 3 is 2.04 bits per heavy atom. The molecule has 0 saturated carbocycles. The molecule has 0 aromatic rings. The van der Waals surface area contributed by atoms with E-state index in [9.17, 15) is 9.59 Å². The molecule has 0 radical (unpaired) electrons. The lowest BCUT2D eigenvalue weighted by molar-refractivity contribution is -0.138. The van der Waals surface area contributed by atoms with Crippen LogP contribution in [-0.4, -0.2) is 29.6 Å². The summed E-state index contributed by atoms with van der Waals surface area (Å²) in [5, 5.41) is 11.5. The molecule has 5 heteroatoms. The number of rotatable bonds is 16. The van der Waals surface area contributed by atoms with E-state index >= 15 is 0 Å². The van der Waals surface area contributed by atoms with Crippen molar-refractivity contribution in [3.05, 3.63) is 0 Å². The van der Waals surface area contributed by atoms with Crippen molar-refractivity contribution < 1.29 is 14.7 Å². The largest absolute Gasteiger partial charge is 0.480 e. The van der Waals surface area contributed by atoms with Crippen LogP contribution in [0.2, 0.25) is 0 Å². The van der Waals surface area contributed by atoms with Crippen molar-refractivity contribution in [2.24, 2.45) is 5.73 Å². The second-order valence-corrected chi connectivity index (χ2v) is 6.37. The summed E-state index contributed by atoms with van der Waals surface area (Å²) in [4.78, 5) is 22.2. The van der Waals surface area contributed by atoms with Gasteiger partial charge in [-0.3, -0.25) is 9.59 Å². The van der Waals surface area contributed by atoms with Crippen LogP contribution in [0.1, 0.15) is 90.4 Å². The topological polar surface area (TPSA) is 92.4 Å². The molecule has 0 heterocycles. The van der Waals surface area contributed by atoms with E-state index in [0.717, 1.165) is 25.7 Å². The minimum Gasteiger partial charge on any atom is -0.480 e. The third kappa shape index (κ3) is 15.6. The molecule has 5 nitrogen and oxygen atoms in total. The van der Waals surface area contributed by atoms with Gasteiger partial charge >= 0.3 is 5.97 Å². The van der Waals surface area contributed by atoms with Gasteiger partial charge in [-0.15, -0.1) is 0 Å². The molecule has 0 aromatic heterocycles. The first kappa shape index (κ1) is 21.9. The van der Waals surface area contributed by atoms with Crippen LogP contribution in [0.3, 0.4) is 0 Å². The number of amides is 1. The Morgan fingerprint density at radius 1 is 0.913 bits per heavy atom. The Kier molecular flexibility index (Phi) is 15.0. The summed E-state index contributed by atoms with van der Waals surface area (Å²) in [6, 6.07) is -0.785. The van der Waals surface area contributed by atoms with Crippen molar-refractivity contribution in [1.29, 1.82) is 0 Å². The van der Waals surface area contributed by atoms with Gasteiger partial charge in [0.1, 0.15) is 6.04 Å². The Morgan fingerprint density at radius 2 is 1.48 bits per heavy atom. The number of carboxylic acid groups (broad SMARTS) is 1. The van der Waals surface area contributed by atoms with Gasteiger partial charge in [0.15, 0.2) is 0 Å². The monoisotopic (exact) mass is 328 g/mol. The zero-order valence-corrected chi connectivity index (χ0v) is 14.8. The fourth-order valence-electron chi connectivity index (χ4n) is 2.53. The maximum absolute atomic E-state index is 11.6. The molecular weight excluding hydrogens is 292 g/mol. The lowest BCUT2D eigenvalue weighted by Crippen LogP contribution is -2.30. The van der Waals surface area contributed by atoms with Gasteiger partial charge in [-0.25, -0.2) is 0 Å². The van der Waals surface area contributed by atoms with Crippen molar-refractivity contribution in [3.8, 4) is 0 Å². The highest BCUT2D eigenvalue weighted by Gasteiger charge is 2.10. The molecule has 0 aliphatic carbocycles. The maximum Gasteiger partial charge on any atom is 0.320 e. The molecule has 136 valence electrons. The molecule has 0 saturated heterocycles. The highest BCUT2D eigenvalue weighted by Crippen LogP contribution is 2.10. The molecule has 0 spiro atoms. The van der Waals surface area contributed by atoms with E-state index in [1.165, 1.54) is 44.9 Å². The Labute approximate surface area is 141 Å². The van der Waals surface area contributed by atoms with Crippen LogP contribution in [0, 0.1) is 0 Å². The van der Waals surface area contributed by atoms with Gasteiger partial charge in [0.25, 0.3) is 0 Å². The van der Waals surface area contributed by atoms with E-state index < -0.39 is 12.0 Å². The fourth-order valence-corrected chi connectivity index (χ4v) is 2.53. The van der Waals surface area contributed by atoms with Gasteiger partial charge in [0.05, 0.1) is 0 Å². The molecule has 0 aliphatic heterocycles. The molecular formula is C18H36N2O3. The molecule has 1 unspecified atom stereocenters. The number of nitrogens with one attached hydrogen (secondary N) is 1. The molecule has 1 amide bonds. The Hall–Kier alpha value is -1.10. The summed E-state index contributed by atoms with van der Waals surface area (Å²) in [6.45, 7) is 2.85. The van der Waals surface area contributed by atoms with Crippen LogP contribution in [0.4, 0.5) is 0 Å². The highest BCUT2D eigenvalue weighted by atomic mass is 16.4. The molecule has 0 aliphatic rings. The Balaban J connectivity index is 3.26. The predicted molar refractivity (Wildman–Crippen MR) is 94.3 cm³/mol. The zero-order valence-electron chi connectivity index (χ0n) is 14.8. The average Bonchev–Trinajstić information content (AvgIpc) is 2.52. The molecule has 0 aromatic carbocycles. The van der Waals surface area contributed by atoms with Crippen LogP contribution in [0.5, 0.6) is 0 Å². The van der Waals surface area contributed by atoms with Gasteiger partial charge in [-0.05, 0) is 25.7 Å². The minimum absolute atomic E-state index is 0.107. The SMILES string of the molecule is CCCCCCCCCCCC(=O)NCCCCC(N)C(=O)O. The smallest absolute Gasteiger partial charge is 0.320 e. The number of aliphatic carboxylic acids is 1. The van der Waals surface area contributed by atoms with Crippen LogP contribution < -0.4 is 11.1 Å². The van der Waals surface area contributed by atoms with E-state index in [2.05, 4.69) is 12.2 Å². The first-order valence-corrected chi connectivity index (χ1v) is 9.33. The van der Waals surface area contributed by atoms with E-state index in [4.69, 9.17) is 10.8 Å². The van der Waals surface area contributed by atoms with Gasteiger partial charge in [0.2, 0.25) is 5.91 Å². The van der Waals surface area contributed by atoms with E-state index in [0.29, 0.717) is 19.4 Å². The number of hydrogen-bond acceptors (Lipinski definition) is 3.